The van der Waals surface area contributed by atoms with Crippen molar-refractivity contribution < 1.29 is 23.3 Å². The van der Waals surface area contributed by atoms with Gasteiger partial charge in [0.15, 0.2) is 0 Å². The molecule has 0 saturated heterocycles. The average Bonchev–Trinajstić information content (AvgIpc) is 0.918. The Morgan fingerprint density at radius 3 is 1.75 bits per heavy atom. The molecule has 0 aromatic heterocycles. The molecule has 0 heterocycles. The van der Waals surface area contributed by atoms with E-state index in [0.717, 1.165) is 0 Å². The van der Waals surface area contributed by atoms with E-state index in [1.807, 2.05) is 0 Å². The van der Waals surface area contributed by atoms with E-state index >= 15 is 0 Å². The first-order valence-electron chi connectivity index (χ1n) is 0.493. The normalized spacial score (nSPS) is 3.00. The van der Waals surface area contributed by atoms with E-state index in [9.17, 15) is 0 Å². The molecule has 0 aliphatic rings. The minimum atomic E-state index is -0.667. The van der Waals surface area contributed by atoms with Gasteiger partial charge in [-0.15, -0.1) is 0 Å². The van der Waals surface area contributed by atoms with E-state index < -0.39 is 9.57 Å². The van der Waals surface area contributed by atoms with Gasteiger partial charge >= 0.3 is 18.9 Å². The molecule has 0 saturated carbocycles. The van der Waals surface area contributed by atoms with Crippen molar-refractivity contribution in [3.63, 3.8) is 0 Å². The van der Waals surface area contributed by atoms with Gasteiger partial charge in [0.25, 0.3) is 0 Å². The Hall–Kier alpha value is 0.414. The summed E-state index contributed by atoms with van der Waals surface area (Å²) in [6.07, 6.45) is 0. The van der Waals surface area contributed by atoms with Crippen LogP contribution in [0.2, 0.25) is 0 Å². The molecule has 2 N–H and O–H groups in total. The van der Waals surface area contributed by atoms with Crippen molar-refractivity contribution in [1.29, 1.82) is 0 Å². The van der Waals surface area contributed by atoms with Crippen LogP contribution in [0.3, 0.4) is 0 Å². The van der Waals surface area contributed by atoms with Crippen LogP contribution in [0.1, 0.15) is 0 Å². The number of rotatable bonds is 0. The van der Waals surface area contributed by atoms with Crippen molar-refractivity contribution in [2.24, 2.45) is 5.40 Å². The first-order valence-corrected chi connectivity index (χ1v) is 1.48. The van der Waals surface area contributed by atoms with E-state index in [0.29, 0.717) is 0 Å². The fourth-order valence-electron chi connectivity index (χ4n) is 0. The van der Waals surface area contributed by atoms with Gasteiger partial charge in [0.1, 0.15) is 0 Å². The average molecular weight is 67.0 g/mol. The standard InChI is InChI=1S/Li.H2NOSi/c;1-3-2/h;1H2/q+1;-1. The Morgan fingerprint density at radius 2 is 1.75 bits per heavy atom. The quantitative estimate of drug-likeness (QED) is 0.293. The molecule has 0 aliphatic heterocycles. The Bertz CT molecular complexity index is 15.5. The molecule has 0 fully saturated rings. The largest absolute Gasteiger partial charge is 1.00 e. The van der Waals surface area contributed by atoms with Gasteiger partial charge in [0.2, 0.25) is 0 Å². The number of hydrogen-bond donors (Lipinski definition) is 1. The van der Waals surface area contributed by atoms with Gasteiger partial charge in [-0.3, -0.25) is 0 Å². The van der Waals surface area contributed by atoms with Gasteiger partial charge in [-0.05, 0) is 0 Å². The zero-order valence-electron chi connectivity index (χ0n) is 2.49. The molecule has 0 aromatic carbocycles. The van der Waals surface area contributed by atoms with Crippen LogP contribution < -0.4 is 24.3 Å². The summed E-state index contributed by atoms with van der Waals surface area (Å²) in [4.78, 5) is 0. The third kappa shape index (κ3) is 28.1. The molecule has 0 radical (unpaired) electrons. The summed E-state index contributed by atoms with van der Waals surface area (Å²) in [5.74, 6) is 0. The third-order valence-corrected chi connectivity index (χ3v) is 0. The maximum absolute atomic E-state index is 8.74. The summed E-state index contributed by atoms with van der Waals surface area (Å²) >= 11 is 0. The van der Waals surface area contributed by atoms with Gasteiger partial charge in [0.05, 0.1) is 0 Å². The van der Waals surface area contributed by atoms with Crippen molar-refractivity contribution in [3.05, 3.63) is 0 Å². The van der Waals surface area contributed by atoms with E-state index in [2.05, 4.69) is 5.40 Å². The topological polar surface area (TPSA) is 43.1 Å². The van der Waals surface area contributed by atoms with Crippen molar-refractivity contribution >= 4 is 9.57 Å². The zero-order chi connectivity index (χ0) is 2.71. The summed E-state index contributed by atoms with van der Waals surface area (Å²) in [5.41, 5.74) is 0. The van der Waals surface area contributed by atoms with Crippen molar-refractivity contribution in [1.82, 2.24) is 0 Å². The second-order valence-corrected chi connectivity index (χ2v) is 0.354. The van der Waals surface area contributed by atoms with Crippen LogP contribution in [0, 0.1) is 0 Å². The molecule has 0 aliphatic carbocycles. The maximum atomic E-state index is 8.74. The molecular formula is H2LiNOSi. The van der Waals surface area contributed by atoms with Gasteiger partial charge in [0, 0.05) is 0 Å². The van der Waals surface area contributed by atoms with E-state index in [4.69, 9.17) is 4.46 Å². The number of hydrogen-bond acceptors (Lipinski definition) is 1. The molecule has 4 heteroatoms. The van der Waals surface area contributed by atoms with Crippen molar-refractivity contribution in [3.8, 4) is 0 Å². The first-order chi connectivity index (χ1) is 1.41. The van der Waals surface area contributed by atoms with Crippen LogP contribution in [0.15, 0.2) is 0 Å². The second-order valence-electron chi connectivity index (χ2n) is 0.118. The van der Waals surface area contributed by atoms with Crippen LogP contribution in [0.5, 0.6) is 0 Å². The summed E-state index contributed by atoms with van der Waals surface area (Å²) in [6.45, 7) is 0. The minimum Gasteiger partial charge on any atom is -0.593 e. The second kappa shape index (κ2) is 9.95. The Kier molecular flexibility index (Phi) is 22.0. The fraction of sp³-hybridized carbons (Fsp3) is 0. The molecule has 0 amide bonds. The van der Waals surface area contributed by atoms with Crippen LogP contribution in [-0.4, -0.2) is 9.57 Å². The molecule has 0 rings (SSSR count). The van der Waals surface area contributed by atoms with E-state index in [1.54, 1.807) is 0 Å². The molecule has 0 atom stereocenters. The van der Waals surface area contributed by atoms with Crippen molar-refractivity contribution in [2.45, 2.75) is 0 Å². The van der Waals surface area contributed by atoms with E-state index in [1.165, 1.54) is 0 Å². The predicted molar refractivity (Wildman–Crippen MR) is 10.6 cm³/mol. The third-order valence-electron chi connectivity index (χ3n) is 0. The predicted octanol–water partition coefficient (Wildman–Crippen LogP) is -4.09. The molecule has 0 spiro atoms. The monoisotopic (exact) mass is 67.0 g/mol. The van der Waals surface area contributed by atoms with Gasteiger partial charge < -0.3 is 9.86 Å². The van der Waals surface area contributed by atoms with E-state index in [-0.39, 0.29) is 18.9 Å². The number of nitrogens with two attached hydrogens (primary N) is 1. The summed E-state index contributed by atoms with van der Waals surface area (Å²) in [5, 5.41) is 4.32. The molecule has 18 valence electrons. The molecule has 0 bridgehead atoms. The Labute approximate surface area is 38.9 Å². The Balaban J connectivity index is 0. The van der Waals surface area contributed by atoms with Crippen LogP contribution in [0.25, 0.3) is 0 Å². The first kappa shape index (κ1) is 8.83. The Morgan fingerprint density at radius 1 is 1.75 bits per heavy atom. The molecule has 0 unspecified atom stereocenters. The van der Waals surface area contributed by atoms with Gasteiger partial charge in [-0.1, -0.05) is 9.57 Å². The smallest absolute Gasteiger partial charge is 0.593 e. The maximum Gasteiger partial charge on any atom is 1.00 e. The van der Waals surface area contributed by atoms with Crippen molar-refractivity contribution in [2.75, 3.05) is 0 Å². The minimum absolute atomic E-state index is 0. The van der Waals surface area contributed by atoms with Crippen LogP contribution >= 0.6 is 0 Å². The molecular weight excluding hydrogens is 65.0 g/mol. The molecule has 4 heavy (non-hydrogen) atoms. The summed E-state index contributed by atoms with van der Waals surface area (Å²) in [7, 11) is -0.667. The molecule has 2 nitrogen and oxygen atoms in total. The summed E-state index contributed by atoms with van der Waals surface area (Å²) < 4.78 is 8.74. The van der Waals surface area contributed by atoms with Crippen LogP contribution in [0.4, 0.5) is 0 Å². The SMILES string of the molecule is N[Si-]=O.[Li+]. The van der Waals surface area contributed by atoms with Gasteiger partial charge in [-0.2, -0.15) is 0 Å². The van der Waals surface area contributed by atoms with Crippen LogP contribution in [-0.2, 0) is 4.46 Å². The zero-order valence-corrected chi connectivity index (χ0v) is 3.49. The fourth-order valence-corrected chi connectivity index (χ4v) is 0. The molecule has 0 aromatic rings. The summed E-state index contributed by atoms with van der Waals surface area (Å²) in [6, 6.07) is 0. The van der Waals surface area contributed by atoms with Gasteiger partial charge in [-0.25, -0.2) is 0 Å².